The molecule has 3 aromatic carbocycles. The first-order valence-electron chi connectivity index (χ1n) is 10.1. The molecule has 0 saturated heterocycles. The van der Waals surface area contributed by atoms with E-state index in [9.17, 15) is 22.4 Å². The maximum atomic E-state index is 14.1. The van der Waals surface area contributed by atoms with E-state index in [4.69, 9.17) is 9.84 Å². The van der Waals surface area contributed by atoms with Crippen LogP contribution in [0, 0.1) is 5.82 Å². The smallest absolute Gasteiger partial charge is 0.417 e. The largest absolute Gasteiger partial charge is 0.489 e. The van der Waals surface area contributed by atoms with Gasteiger partial charge in [-0.25, -0.2) is 4.39 Å². The van der Waals surface area contributed by atoms with E-state index in [0.29, 0.717) is 5.56 Å². The average Bonchev–Trinajstić information content (AvgIpc) is 3.25. The predicted octanol–water partition coefficient (Wildman–Crippen LogP) is 6.04. The third kappa shape index (κ3) is 5.25. The molecule has 4 rings (SSSR count). The van der Waals surface area contributed by atoms with Gasteiger partial charge in [-0.1, -0.05) is 42.5 Å². The molecule has 9 heteroatoms. The van der Waals surface area contributed by atoms with Crippen LogP contribution < -0.4 is 4.74 Å². The van der Waals surface area contributed by atoms with Gasteiger partial charge in [0, 0.05) is 17.3 Å². The Morgan fingerprint density at radius 1 is 0.971 bits per heavy atom. The number of rotatable bonds is 7. The van der Waals surface area contributed by atoms with Crippen LogP contribution in [-0.4, -0.2) is 20.9 Å². The summed E-state index contributed by atoms with van der Waals surface area (Å²) in [5, 5.41) is 12.8. The molecule has 0 saturated carbocycles. The van der Waals surface area contributed by atoms with E-state index in [2.05, 4.69) is 5.10 Å². The summed E-state index contributed by atoms with van der Waals surface area (Å²) >= 11 is 0. The van der Waals surface area contributed by atoms with E-state index in [1.807, 2.05) is 0 Å². The summed E-state index contributed by atoms with van der Waals surface area (Å²) in [6.45, 7) is -0.226. The zero-order valence-electron chi connectivity index (χ0n) is 17.6. The first-order chi connectivity index (χ1) is 16.2. The van der Waals surface area contributed by atoms with Gasteiger partial charge in [-0.3, -0.25) is 9.48 Å². The molecule has 0 amide bonds. The second-order valence-electron chi connectivity index (χ2n) is 7.49. The topological polar surface area (TPSA) is 64.3 Å². The van der Waals surface area contributed by atoms with Crippen LogP contribution in [0.3, 0.4) is 0 Å². The molecule has 0 bridgehead atoms. The molecule has 1 heterocycles. The molecular weight excluding hydrogens is 452 g/mol. The molecule has 174 valence electrons. The Morgan fingerprint density at radius 3 is 2.38 bits per heavy atom. The second kappa shape index (κ2) is 9.38. The van der Waals surface area contributed by atoms with Gasteiger partial charge in [0.1, 0.15) is 24.7 Å². The summed E-state index contributed by atoms with van der Waals surface area (Å²) in [5.74, 6) is -1.74. The van der Waals surface area contributed by atoms with Crippen LogP contribution in [-0.2, 0) is 24.1 Å². The normalized spacial score (nSPS) is 11.4. The summed E-state index contributed by atoms with van der Waals surface area (Å²) in [6, 6.07) is 15.8. The number of benzene rings is 3. The molecule has 1 aromatic heterocycles. The van der Waals surface area contributed by atoms with Crippen molar-refractivity contribution in [1.29, 1.82) is 0 Å². The number of aliphatic carboxylic acids is 1. The minimum absolute atomic E-state index is 0.00596. The summed E-state index contributed by atoms with van der Waals surface area (Å²) in [7, 11) is 0. The number of halogens is 4. The minimum atomic E-state index is -4.69. The van der Waals surface area contributed by atoms with Gasteiger partial charge in [0.15, 0.2) is 0 Å². The standard InChI is InChI=1S/C25H18F4N2O3/c26-23-4-2-1-3-21(23)20-10-9-19(11-22(20)25(27,28)29)34-15-16-5-7-17(8-6-16)18-12-30-31(13-18)14-24(32)33/h1-13H,14-15H2,(H,32,33). The zero-order valence-corrected chi connectivity index (χ0v) is 17.6. The number of ether oxygens (including phenoxy) is 1. The van der Waals surface area contributed by atoms with Gasteiger partial charge < -0.3 is 9.84 Å². The summed E-state index contributed by atoms with van der Waals surface area (Å²) in [4.78, 5) is 10.8. The van der Waals surface area contributed by atoms with Crippen LogP contribution in [0.25, 0.3) is 22.3 Å². The quantitative estimate of drug-likeness (QED) is 0.335. The lowest BCUT2D eigenvalue weighted by Crippen LogP contribution is -2.08. The average molecular weight is 470 g/mol. The Kier molecular flexibility index (Phi) is 6.36. The summed E-state index contributed by atoms with van der Waals surface area (Å²) in [5.41, 5.74) is 0.868. The lowest BCUT2D eigenvalue weighted by atomic mass is 9.98. The zero-order chi connectivity index (χ0) is 24.3. The first kappa shape index (κ1) is 23.0. The molecular formula is C25H18F4N2O3. The Balaban J connectivity index is 1.50. The Morgan fingerprint density at radius 2 is 1.71 bits per heavy atom. The van der Waals surface area contributed by atoms with Crippen molar-refractivity contribution in [2.75, 3.05) is 0 Å². The third-order valence-corrected chi connectivity index (χ3v) is 5.08. The van der Waals surface area contributed by atoms with E-state index >= 15 is 0 Å². The van der Waals surface area contributed by atoms with Gasteiger partial charge in [-0.15, -0.1) is 0 Å². The number of hydrogen-bond donors (Lipinski definition) is 1. The fourth-order valence-electron chi connectivity index (χ4n) is 3.46. The molecule has 5 nitrogen and oxygen atoms in total. The van der Waals surface area contributed by atoms with Gasteiger partial charge in [-0.05, 0) is 41.0 Å². The van der Waals surface area contributed by atoms with Crippen LogP contribution in [0.1, 0.15) is 11.1 Å². The van der Waals surface area contributed by atoms with Crippen molar-refractivity contribution in [3.63, 3.8) is 0 Å². The molecule has 0 aliphatic carbocycles. The number of alkyl halides is 3. The second-order valence-corrected chi connectivity index (χ2v) is 7.49. The van der Waals surface area contributed by atoms with Gasteiger partial charge >= 0.3 is 12.1 Å². The molecule has 0 fully saturated rings. The Bertz CT molecular complexity index is 1310. The van der Waals surface area contributed by atoms with E-state index in [1.165, 1.54) is 35.0 Å². The minimum Gasteiger partial charge on any atom is -0.489 e. The fourth-order valence-corrected chi connectivity index (χ4v) is 3.46. The van der Waals surface area contributed by atoms with E-state index in [-0.39, 0.29) is 30.0 Å². The third-order valence-electron chi connectivity index (χ3n) is 5.08. The lowest BCUT2D eigenvalue weighted by Gasteiger charge is -2.16. The molecule has 0 aliphatic rings. The monoisotopic (exact) mass is 470 g/mol. The van der Waals surface area contributed by atoms with Crippen molar-refractivity contribution >= 4 is 5.97 Å². The molecule has 34 heavy (non-hydrogen) atoms. The highest BCUT2D eigenvalue weighted by molar-refractivity contribution is 5.70. The van der Waals surface area contributed by atoms with Crippen LogP contribution in [0.5, 0.6) is 5.75 Å². The lowest BCUT2D eigenvalue weighted by molar-refractivity contribution is -0.138. The van der Waals surface area contributed by atoms with Crippen molar-refractivity contribution in [3.05, 3.63) is 96.1 Å². The summed E-state index contributed by atoms with van der Waals surface area (Å²) < 4.78 is 62.0. The van der Waals surface area contributed by atoms with E-state index in [1.54, 1.807) is 36.7 Å². The van der Waals surface area contributed by atoms with Crippen molar-refractivity contribution < 1.29 is 32.2 Å². The maximum absolute atomic E-state index is 14.1. The van der Waals surface area contributed by atoms with E-state index in [0.717, 1.165) is 23.3 Å². The number of nitrogens with zero attached hydrogens (tertiary/aromatic N) is 2. The first-order valence-corrected chi connectivity index (χ1v) is 10.1. The van der Waals surface area contributed by atoms with Crippen molar-refractivity contribution in [1.82, 2.24) is 9.78 Å². The molecule has 0 radical (unpaired) electrons. The van der Waals surface area contributed by atoms with E-state index < -0.39 is 23.5 Å². The Hall–Kier alpha value is -4.14. The summed E-state index contributed by atoms with van der Waals surface area (Å²) in [6.07, 6.45) is -1.54. The molecule has 0 spiro atoms. The van der Waals surface area contributed by atoms with Crippen LogP contribution >= 0.6 is 0 Å². The predicted molar refractivity (Wildman–Crippen MR) is 116 cm³/mol. The van der Waals surface area contributed by atoms with Crippen molar-refractivity contribution in [2.45, 2.75) is 19.3 Å². The highest BCUT2D eigenvalue weighted by Crippen LogP contribution is 2.40. The van der Waals surface area contributed by atoms with Crippen LogP contribution in [0.4, 0.5) is 17.6 Å². The Labute approximate surface area is 191 Å². The fraction of sp³-hybridized carbons (Fsp3) is 0.120. The van der Waals surface area contributed by atoms with Crippen molar-refractivity contribution in [2.24, 2.45) is 0 Å². The maximum Gasteiger partial charge on any atom is 0.417 e. The highest BCUT2D eigenvalue weighted by Gasteiger charge is 2.34. The highest BCUT2D eigenvalue weighted by atomic mass is 19.4. The molecule has 1 N–H and O–H groups in total. The van der Waals surface area contributed by atoms with Gasteiger partial charge in [0.2, 0.25) is 0 Å². The number of hydrogen-bond acceptors (Lipinski definition) is 3. The number of carbonyl (C=O) groups is 1. The molecule has 0 aliphatic heterocycles. The van der Waals surface area contributed by atoms with Gasteiger partial charge in [0.25, 0.3) is 0 Å². The number of carboxylic acids is 1. The van der Waals surface area contributed by atoms with Gasteiger partial charge in [-0.2, -0.15) is 18.3 Å². The van der Waals surface area contributed by atoms with Crippen LogP contribution in [0.15, 0.2) is 79.1 Å². The van der Waals surface area contributed by atoms with Gasteiger partial charge in [0.05, 0.1) is 11.8 Å². The van der Waals surface area contributed by atoms with Crippen molar-refractivity contribution in [3.8, 4) is 28.0 Å². The number of aromatic nitrogens is 2. The number of carboxylic acid groups (broad SMARTS) is 1. The SMILES string of the molecule is O=C(O)Cn1cc(-c2ccc(COc3ccc(-c4ccccc4F)c(C(F)(F)F)c3)cc2)cn1. The molecule has 0 atom stereocenters. The molecule has 0 unspecified atom stereocenters. The van der Waals surface area contributed by atoms with Crippen LogP contribution in [0.2, 0.25) is 0 Å². The molecule has 4 aromatic rings.